The summed E-state index contributed by atoms with van der Waals surface area (Å²) in [6.45, 7) is 3.59. The van der Waals surface area contributed by atoms with E-state index in [9.17, 15) is 14.7 Å². The van der Waals surface area contributed by atoms with Gasteiger partial charge in [0.15, 0.2) is 0 Å². The lowest BCUT2D eigenvalue weighted by Crippen LogP contribution is -2.68. The van der Waals surface area contributed by atoms with Gasteiger partial charge in [-0.2, -0.15) is 0 Å². The zero-order valence-corrected chi connectivity index (χ0v) is 19.2. The summed E-state index contributed by atoms with van der Waals surface area (Å²) in [6, 6.07) is 5.08. The van der Waals surface area contributed by atoms with E-state index in [0.717, 1.165) is 28.6 Å². The lowest BCUT2D eigenvalue weighted by Gasteiger charge is -2.55. The summed E-state index contributed by atoms with van der Waals surface area (Å²) in [5.41, 5.74) is 2.55. The van der Waals surface area contributed by atoms with Gasteiger partial charge in [0.25, 0.3) is 5.91 Å². The van der Waals surface area contributed by atoms with Crippen LogP contribution in [0.4, 0.5) is 4.79 Å². The van der Waals surface area contributed by atoms with Gasteiger partial charge in [0.05, 0.1) is 31.4 Å². The Morgan fingerprint density at radius 2 is 2.12 bits per heavy atom. The number of rotatable bonds is 5. The second-order valence-corrected chi connectivity index (χ2v) is 8.92. The predicted octanol–water partition coefficient (Wildman–Crippen LogP) is 1.83. The Hall–Kier alpha value is -3.66. The highest BCUT2D eigenvalue weighted by molar-refractivity contribution is 5.94. The van der Waals surface area contributed by atoms with E-state index in [-0.39, 0.29) is 18.5 Å². The number of nitrogens with zero attached hydrogens (tertiary/aromatic N) is 4. The van der Waals surface area contributed by atoms with Crippen molar-refractivity contribution in [3.05, 3.63) is 53.7 Å². The monoisotopic (exact) mass is 464 g/mol. The minimum atomic E-state index is -0.513. The van der Waals surface area contributed by atoms with E-state index in [1.54, 1.807) is 16.9 Å². The number of methoxy groups -OCH3 is 1. The number of hydrogen-bond donors (Lipinski definition) is 3. The molecule has 1 fully saturated rings. The summed E-state index contributed by atoms with van der Waals surface area (Å²) in [7, 11) is 1.61. The number of urea groups is 1. The lowest BCUT2D eigenvalue weighted by molar-refractivity contribution is 0.0117. The van der Waals surface area contributed by atoms with E-state index in [1.165, 1.54) is 18.6 Å². The van der Waals surface area contributed by atoms with Crippen molar-refractivity contribution in [3.63, 3.8) is 0 Å². The highest BCUT2D eigenvalue weighted by Crippen LogP contribution is 2.48. The molecule has 3 aromatic rings. The van der Waals surface area contributed by atoms with Gasteiger partial charge in [0, 0.05) is 61.2 Å². The molecule has 2 aliphatic rings. The Bertz CT molecular complexity index is 1220. The number of ether oxygens (including phenoxy) is 1. The van der Waals surface area contributed by atoms with E-state index in [0.29, 0.717) is 37.6 Å². The highest BCUT2D eigenvalue weighted by Gasteiger charge is 2.55. The summed E-state index contributed by atoms with van der Waals surface area (Å²) in [4.78, 5) is 41.1. The maximum absolute atomic E-state index is 13.1. The molecule has 0 unspecified atom stereocenters. The van der Waals surface area contributed by atoms with Crippen LogP contribution in [-0.4, -0.2) is 81.7 Å². The molecular formula is C24H28N6O4. The number of amides is 3. The smallest absolute Gasteiger partial charge is 0.318 e. The van der Waals surface area contributed by atoms with Crippen LogP contribution in [0.3, 0.4) is 0 Å². The molecule has 0 radical (unpaired) electrons. The number of benzene rings is 1. The number of likely N-dealkylation sites (tertiary alicyclic amines) is 1. The molecule has 4 heterocycles. The van der Waals surface area contributed by atoms with Gasteiger partial charge in [-0.15, -0.1) is 0 Å². The Morgan fingerprint density at radius 1 is 1.29 bits per heavy atom. The summed E-state index contributed by atoms with van der Waals surface area (Å²) in [6.07, 6.45) is 5.31. The molecule has 10 nitrogen and oxygen atoms in total. The molecular weight excluding hydrogens is 436 g/mol. The molecule has 3 N–H and O–H groups in total. The van der Waals surface area contributed by atoms with Crippen molar-refractivity contribution >= 4 is 22.8 Å². The van der Waals surface area contributed by atoms with Crippen molar-refractivity contribution in [1.29, 1.82) is 0 Å². The molecule has 0 aliphatic carbocycles. The van der Waals surface area contributed by atoms with Crippen LogP contribution in [0.5, 0.6) is 5.75 Å². The van der Waals surface area contributed by atoms with E-state index in [2.05, 4.69) is 20.3 Å². The molecule has 10 heteroatoms. The Kier molecular flexibility index (Phi) is 5.60. The molecule has 0 bridgehead atoms. The number of H-pyrrole nitrogens is 1. The number of carbonyl (C=O) groups is 2. The summed E-state index contributed by atoms with van der Waals surface area (Å²) >= 11 is 0. The number of aliphatic hydroxyl groups excluding tert-OH is 1. The maximum atomic E-state index is 13.1. The van der Waals surface area contributed by atoms with Crippen LogP contribution in [0, 0.1) is 0 Å². The number of aromatic nitrogens is 3. The fourth-order valence-electron chi connectivity index (χ4n) is 5.21. The van der Waals surface area contributed by atoms with Crippen LogP contribution in [0.1, 0.15) is 41.1 Å². The zero-order chi connectivity index (χ0) is 23.9. The molecule has 178 valence electrons. The van der Waals surface area contributed by atoms with Crippen molar-refractivity contribution in [2.24, 2.45) is 0 Å². The summed E-state index contributed by atoms with van der Waals surface area (Å²) in [5.74, 6) is 0.527. The van der Waals surface area contributed by atoms with E-state index in [1.807, 2.05) is 25.1 Å². The molecule has 34 heavy (non-hydrogen) atoms. The second kappa shape index (κ2) is 8.60. The summed E-state index contributed by atoms with van der Waals surface area (Å²) < 4.78 is 5.39. The van der Waals surface area contributed by atoms with Crippen molar-refractivity contribution in [2.75, 3.05) is 39.9 Å². The lowest BCUT2D eigenvalue weighted by atomic mass is 9.68. The first-order chi connectivity index (χ1) is 16.5. The zero-order valence-electron chi connectivity index (χ0n) is 19.2. The molecule has 0 saturated carbocycles. The minimum Gasteiger partial charge on any atom is -0.497 e. The standard InChI is InChI=1S/C24H28N6O4/c1-3-6-27-23(33)30-14-24(12-29(13-24)22(32)18-10-25-7-8-26-18)20-16-5-4-15(34-2)9-17(16)28-21(20)19(30)11-31/h4-5,7-10,19,28,31H,3,6,11-14H2,1-2H3,(H,27,33)/t19-/m1/s1. The van der Waals surface area contributed by atoms with Gasteiger partial charge in [-0.25, -0.2) is 9.78 Å². The quantitative estimate of drug-likeness (QED) is 0.529. The maximum Gasteiger partial charge on any atom is 0.318 e. The van der Waals surface area contributed by atoms with Gasteiger partial charge in [0.1, 0.15) is 11.4 Å². The van der Waals surface area contributed by atoms with Crippen LogP contribution in [0.25, 0.3) is 10.9 Å². The summed E-state index contributed by atoms with van der Waals surface area (Å²) in [5, 5.41) is 14.3. The third kappa shape index (κ3) is 3.45. The molecule has 3 amide bonds. The average molecular weight is 465 g/mol. The minimum absolute atomic E-state index is 0.187. The third-order valence-electron chi connectivity index (χ3n) is 6.76. The van der Waals surface area contributed by atoms with Crippen LogP contribution < -0.4 is 10.1 Å². The van der Waals surface area contributed by atoms with Gasteiger partial charge in [0.2, 0.25) is 0 Å². The van der Waals surface area contributed by atoms with Gasteiger partial charge in [-0.1, -0.05) is 6.92 Å². The van der Waals surface area contributed by atoms with Crippen molar-refractivity contribution in [2.45, 2.75) is 24.8 Å². The normalized spacial score (nSPS) is 18.5. The topological polar surface area (TPSA) is 124 Å². The molecule has 2 aliphatic heterocycles. The van der Waals surface area contributed by atoms with Gasteiger partial charge >= 0.3 is 6.03 Å². The Balaban J connectivity index is 1.56. The third-order valence-corrected chi connectivity index (χ3v) is 6.76. The van der Waals surface area contributed by atoms with Gasteiger partial charge < -0.3 is 29.9 Å². The van der Waals surface area contributed by atoms with Gasteiger partial charge in [-0.3, -0.25) is 9.78 Å². The number of aromatic amines is 1. The van der Waals surface area contributed by atoms with Crippen LogP contribution in [-0.2, 0) is 5.41 Å². The van der Waals surface area contributed by atoms with E-state index < -0.39 is 11.5 Å². The fourth-order valence-corrected chi connectivity index (χ4v) is 5.21. The van der Waals surface area contributed by atoms with Crippen LogP contribution in [0.2, 0.25) is 0 Å². The largest absolute Gasteiger partial charge is 0.497 e. The van der Waals surface area contributed by atoms with Crippen molar-refractivity contribution < 1.29 is 19.4 Å². The Labute approximate surface area is 196 Å². The fraction of sp³-hybridized carbons (Fsp3) is 0.417. The van der Waals surface area contributed by atoms with Crippen molar-refractivity contribution in [1.82, 2.24) is 30.1 Å². The average Bonchev–Trinajstić information content (AvgIpc) is 3.24. The first kappa shape index (κ1) is 22.1. The molecule has 1 spiro atoms. The second-order valence-electron chi connectivity index (χ2n) is 8.92. The molecule has 1 atom stereocenters. The molecule has 1 saturated heterocycles. The number of hydrogen-bond acceptors (Lipinski definition) is 6. The van der Waals surface area contributed by atoms with Gasteiger partial charge in [-0.05, 0) is 24.1 Å². The van der Waals surface area contributed by atoms with Crippen LogP contribution >= 0.6 is 0 Å². The number of fused-ring (bicyclic) bond motifs is 4. The van der Waals surface area contributed by atoms with Crippen LogP contribution in [0.15, 0.2) is 36.8 Å². The SMILES string of the molecule is CCCNC(=O)N1CC2(CN(C(=O)c3cnccn3)C2)c2c([nH]c3cc(OC)ccc23)[C@H]1CO. The molecule has 1 aromatic carbocycles. The van der Waals surface area contributed by atoms with Crippen molar-refractivity contribution in [3.8, 4) is 5.75 Å². The van der Waals surface area contributed by atoms with E-state index in [4.69, 9.17) is 4.74 Å². The van der Waals surface area contributed by atoms with E-state index >= 15 is 0 Å². The first-order valence-electron chi connectivity index (χ1n) is 11.4. The highest BCUT2D eigenvalue weighted by atomic mass is 16.5. The molecule has 2 aromatic heterocycles. The number of aliphatic hydroxyl groups is 1. The Morgan fingerprint density at radius 3 is 2.79 bits per heavy atom. The number of carbonyl (C=O) groups excluding carboxylic acids is 2. The number of nitrogens with one attached hydrogen (secondary N) is 2. The molecule has 5 rings (SSSR count). The first-order valence-corrected chi connectivity index (χ1v) is 11.4. The predicted molar refractivity (Wildman–Crippen MR) is 125 cm³/mol.